The van der Waals surface area contributed by atoms with Gasteiger partial charge in [-0.15, -0.1) is 11.7 Å². The third kappa shape index (κ3) is 4.21. The first kappa shape index (κ1) is 21.5. The summed E-state index contributed by atoms with van der Waals surface area (Å²) in [6.45, 7) is 8.59. The van der Waals surface area contributed by atoms with E-state index >= 15 is 0 Å². The van der Waals surface area contributed by atoms with Gasteiger partial charge >= 0.3 is 5.69 Å². The zero-order valence-corrected chi connectivity index (χ0v) is 19.0. The lowest BCUT2D eigenvalue weighted by atomic mass is 9.87. The zero-order valence-electron chi connectivity index (χ0n) is 17.5. The molecule has 31 heavy (non-hydrogen) atoms. The van der Waals surface area contributed by atoms with Crippen molar-refractivity contribution >= 4 is 34.3 Å². The molecule has 0 saturated heterocycles. The molecule has 2 aromatic carbocycles. The molecule has 2 heterocycles. The van der Waals surface area contributed by atoms with Crippen LogP contribution in [0, 0.1) is 5.92 Å². The molecule has 0 radical (unpaired) electrons. The Balaban J connectivity index is 2.03. The number of benzene rings is 2. The molecule has 1 aromatic heterocycles. The second-order valence-corrected chi connectivity index (χ2v) is 8.90. The van der Waals surface area contributed by atoms with E-state index in [1.165, 1.54) is 4.68 Å². The lowest BCUT2D eigenvalue weighted by Crippen LogP contribution is -2.41. The molecule has 5 nitrogen and oxygen atoms in total. The van der Waals surface area contributed by atoms with Crippen molar-refractivity contribution in [2.45, 2.75) is 32.9 Å². The highest BCUT2D eigenvalue weighted by atomic mass is 35.5. The lowest BCUT2D eigenvalue weighted by Gasteiger charge is -2.30. The highest BCUT2D eigenvalue weighted by molar-refractivity contribution is 6.31. The molecular formula is C24H24Cl2N4O. The van der Waals surface area contributed by atoms with Crippen molar-refractivity contribution in [2.24, 2.45) is 5.92 Å². The Bertz CT molecular complexity index is 1190. The summed E-state index contributed by atoms with van der Waals surface area (Å²) in [6.07, 6.45) is 2.48. The molecule has 7 heteroatoms. The molecule has 1 unspecified atom stereocenters. The molecule has 0 saturated carbocycles. The Labute approximate surface area is 191 Å². The van der Waals surface area contributed by atoms with Crippen molar-refractivity contribution in [3.63, 3.8) is 0 Å². The first-order valence-electron chi connectivity index (χ1n) is 10.2. The number of hydrogen-bond donors (Lipinski definition) is 1. The van der Waals surface area contributed by atoms with Crippen molar-refractivity contribution in [3.8, 4) is 0 Å². The fourth-order valence-corrected chi connectivity index (χ4v) is 4.13. The molecule has 1 N–H and O–H groups in total. The quantitative estimate of drug-likeness (QED) is 0.502. The highest BCUT2D eigenvalue weighted by Crippen LogP contribution is 2.38. The molecule has 1 aliphatic rings. The molecular weight excluding hydrogens is 431 g/mol. The van der Waals surface area contributed by atoms with Crippen LogP contribution >= 0.6 is 23.2 Å². The smallest absolute Gasteiger partial charge is 0.312 e. The normalized spacial score (nSPS) is 15.7. The van der Waals surface area contributed by atoms with E-state index < -0.39 is 0 Å². The molecule has 0 bridgehead atoms. The predicted molar refractivity (Wildman–Crippen MR) is 128 cm³/mol. The van der Waals surface area contributed by atoms with Gasteiger partial charge in [0.25, 0.3) is 0 Å². The number of aromatic nitrogens is 3. The van der Waals surface area contributed by atoms with E-state index in [0.29, 0.717) is 28.8 Å². The number of fused-ring (bicyclic) bond motifs is 1. The summed E-state index contributed by atoms with van der Waals surface area (Å²) >= 11 is 12.3. The maximum atomic E-state index is 13.1. The Hall–Kier alpha value is -2.76. The van der Waals surface area contributed by atoms with Gasteiger partial charge in [-0.25, -0.2) is 9.48 Å². The first-order chi connectivity index (χ1) is 14.9. The minimum atomic E-state index is -0.181. The number of halogens is 2. The number of nitrogens with zero attached hydrogens (tertiary/aromatic N) is 3. The van der Waals surface area contributed by atoms with Gasteiger partial charge in [-0.2, -0.15) is 4.68 Å². The Morgan fingerprint density at radius 1 is 1.06 bits per heavy atom. The number of nitrogens with one attached hydrogen (secondary N) is 1. The summed E-state index contributed by atoms with van der Waals surface area (Å²) in [5.74, 6) is 0.871. The minimum absolute atomic E-state index is 0.161. The fraction of sp³-hybridized carbons (Fsp3) is 0.250. The first-order valence-corrected chi connectivity index (χ1v) is 11.0. The zero-order chi connectivity index (χ0) is 22.1. The minimum Gasteiger partial charge on any atom is -0.312 e. The Kier molecular flexibility index (Phi) is 6.08. The van der Waals surface area contributed by atoms with Gasteiger partial charge in [0.1, 0.15) is 0 Å². The van der Waals surface area contributed by atoms with Gasteiger partial charge in [0.05, 0.1) is 6.04 Å². The molecule has 1 atom stereocenters. The Morgan fingerprint density at radius 3 is 2.19 bits per heavy atom. The van der Waals surface area contributed by atoms with Crippen LogP contribution in [0.15, 0.2) is 66.0 Å². The van der Waals surface area contributed by atoms with E-state index in [4.69, 9.17) is 28.3 Å². The molecule has 0 aliphatic carbocycles. The SMILES string of the molecule is C=CCC1Nn2c(nn(CC(C)C)c2=O)C(c2ccc(Cl)cc2)=C1c1ccc(Cl)cc1. The van der Waals surface area contributed by atoms with Crippen LogP contribution in [0.1, 0.15) is 37.2 Å². The average molecular weight is 455 g/mol. The van der Waals surface area contributed by atoms with Gasteiger partial charge in [-0.1, -0.05) is 67.4 Å². The van der Waals surface area contributed by atoms with Crippen LogP contribution in [-0.4, -0.2) is 20.5 Å². The lowest BCUT2D eigenvalue weighted by molar-refractivity contribution is 0.467. The summed E-state index contributed by atoms with van der Waals surface area (Å²) < 4.78 is 3.08. The molecule has 0 spiro atoms. The van der Waals surface area contributed by atoms with E-state index in [2.05, 4.69) is 25.9 Å². The highest BCUT2D eigenvalue weighted by Gasteiger charge is 2.32. The van der Waals surface area contributed by atoms with Crippen LogP contribution in [0.25, 0.3) is 11.1 Å². The predicted octanol–water partition coefficient (Wildman–Crippen LogP) is 5.47. The van der Waals surface area contributed by atoms with E-state index in [9.17, 15) is 4.79 Å². The molecule has 0 fully saturated rings. The molecule has 3 aromatic rings. The van der Waals surface area contributed by atoms with Crippen molar-refractivity contribution < 1.29 is 0 Å². The number of hydrogen-bond acceptors (Lipinski definition) is 3. The van der Waals surface area contributed by atoms with Crippen LogP contribution in [0.3, 0.4) is 0 Å². The van der Waals surface area contributed by atoms with Crippen LogP contribution in [0.2, 0.25) is 10.0 Å². The van der Waals surface area contributed by atoms with Crippen molar-refractivity contribution in [1.82, 2.24) is 14.5 Å². The number of rotatable bonds is 6. The summed E-state index contributed by atoms with van der Waals surface area (Å²) in [4.78, 5) is 13.1. The van der Waals surface area contributed by atoms with Crippen molar-refractivity contribution in [3.05, 3.63) is 98.7 Å². The van der Waals surface area contributed by atoms with Gasteiger partial charge in [-0.3, -0.25) is 0 Å². The second-order valence-electron chi connectivity index (χ2n) is 8.03. The molecule has 0 amide bonds. The third-order valence-electron chi connectivity index (χ3n) is 5.19. The standard InChI is InChI=1S/C24H24Cl2N4O/c1-4-5-20-21(16-6-10-18(25)11-7-16)22(17-8-12-19(26)13-9-17)23-28-29(14-15(2)3)24(31)30(23)27-20/h4,6-13,15,20,27H,1,5,14H2,2-3H3. The Morgan fingerprint density at radius 2 is 1.65 bits per heavy atom. The summed E-state index contributed by atoms with van der Waals surface area (Å²) in [5, 5.41) is 6.04. The topological polar surface area (TPSA) is 51.9 Å². The second kappa shape index (κ2) is 8.77. The van der Waals surface area contributed by atoms with Gasteiger partial charge in [0.15, 0.2) is 5.82 Å². The molecule has 4 rings (SSSR count). The molecule has 1 aliphatic heterocycles. The van der Waals surface area contributed by atoms with Gasteiger partial charge in [0.2, 0.25) is 0 Å². The van der Waals surface area contributed by atoms with E-state index in [0.717, 1.165) is 22.3 Å². The maximum Gasteiger partial charge on any atom is 0.365 e. The largest absolute Gasteiger partial charge is 0.365 e. The van der Waals surface area contributed by atoms with E-state index in [1.807, 2.05) is 54.6 Å². The van der Waals surface area contributed by atoms with E-state index in [-0.39, 0.29) is 17.6 Å². The van der Waals surface area contributed by atoms with Gasteiger partial charge < -0.3 is 5.43 Å². The fourth-order valence-electron chi connectivity index (χ4n) is 3.88. The van der Waals surface area contributed by atoms with Crippen molar-refractivity contribution in [2.75, 3.05) is 5.43 Å². The average Bonchev–Trinajstić information content (AvgIpc) is 3.03. The summed E-state index contributed by atoms with van der Waals surface area (Å²) in [7, 11) is 0. The maximum absolute atomic E-state index is 13.1. The van der Waals surface area contributed by atoms with Crippen LogP contribution in [-0.2, 0) is 6.54 Å². The third-order valence-corrected chi connectivity index (χ3v) is 5.70. The van der Waals surface area contributed by atoms with E-state index in [1.54, 1.807) is 4.68 Å². The van der Waals surface area contributed by atoms with Crippen molar-refractivity contribution in [1.29, 1.82) is 0 Å². The van der Waals surface area contributed by atoms with Gasteiger partial charge in [-0.05, 0) is 53.3 Å². The van der Waals surface area contributed by atoms with Gasteiger partial charge in [0, 0.05) is 22.2 Å². The van der Waals surface area contributed by atoms with Crippen LogP contribution in [0.4, 0.5) is 0 Å². The van der Waals surface area contributed by atoms with Crippen LogP contribution in [0.5, 0.6) is 0 Å². The van der Waals surface area contributed by atoms with Crippen LogP contribution < -0.4 is 11.1 Å². The molecule has 160 valence electrons. The summed E-state index contributed by atoms with van der Waals surface area (Å²) in [6, 6.07) is 15.2. The monoisotopic (exact) mass is 454 g/mol. The summed E-state index contributed by atoms with van der Waals surface area (Å²) in [5.41, 5.74) is 7.06.